The van der Waals surface area contributed by atoms with E-state index in [4.69, 9.17) is 4.52 Å². The third kappa shape index (κ3) is 3.66. The third-order valence-corrected chi connectivity index (χ3v) is 6.03. The fourth-order valence-corrected chi connectivity index (χ4v) is 4.39. The lowest BCUT2D eigenvalue weighted by Crippen LogP contribution is -2.37. The lowest BCUT2D eigenvalue weighted by Gasteiger charge is -2.35. The summed E-state index contributed by atoms with van der Waals surface area (Å²) in [5.74, 6) is -1.54. The SMILES string of the molecule is Cc1cc(CNC(=O)C2CC(c3c(-c4ccc(F)cc4)[nH]c4c(F)cc(F)cc34)C2)on1. The summed E-state index contributed by atoms with van der Waals surface area (Å²) >= 11 is 0. The molecule has 2 N–H and O–H groups in total. The number of hydrogen-bond donors (Lipinski definition) is 2. The quantitative estimate of drug-likeness (QED) is 0.440. The van der Waals surface area contributed by atoms with E-state index in [1.165, 1.54) is 18.2 Å². The summed E-state index contributed by atoms with van der Waals surface area (Å²) < 4.78 is 47.0. The molecule has 0 spiro atoms. The van der Waals surface area contributed by atoms with Crippen molar-refractivity contribution in [2.24, 2.45) is 5.92 Å². The molecule has 32 heavy (non-hydrogen) atoms. The Morgan fingerprint density at radius 2 is 1.88 bits per heavy atom. The van der Waals surface area contributed by atoms with Gasteiger partial charge in [0.2, 0.25) is 5.91 Å². The number of halogens is 3. The molecule has 1 fully saturated rings. The van der Waals surface area contributed by atoms with Crippen LogP contribution in [0.4, 0.5) is 13.2 Å². The number of carbonyl (C=O) groups is 1. The van der Waals surface area contributed by atoms with Crippen molar-refractivity contribution < 1.29 is 22.5 Å². The van der Waals surface area contributed by atoms with Crippen LogP contribution < -0.4 is 5.32 Å². The van der Waals surface area contributed by atoms with E-state index in [9.17, 15) is 18.0 Å². The van der Waals surface area contributed by atoms with Gasteiger partial charge in [-0.1, -0.05) is 5.16 Å². The lowest BCUT2D eigenvalue weighted by molar-refractivity contribution is -0.128. The smallest absolute Gasteiger partial charge is 0.223 e. The Kier molecular flexibility index (Phi) is 5.00. The molecule has 164 valence electrons. The summed E-state index contributed by atoms with van der Waals surface area (Å²) in [6, 6.07) is 9.73. The monoisotopic (exact) mass is 439 g/mol. The van der Waals surface area contributed by atoms with Gasteiger partial charge >= 0.3 is 0 Å². The number of carbonyl (C=O) groups excluding carboxylic acids is 1. The first kappa shape index (κ1) is 20.4. The van der Waals surface area contributed by atoms with Crippen LogP contribution in [0.5, 0.6) is 0 Å². The summed E-state index contributed by atoms with van der Waals surface area (Å²) in [7, 11) is 0. The number of amides is 1. The van der Waals surface area contributed by atoms with Gasteiger partial charge in [-0.25, -0.2) is 13.2 Å². The number of nitrogens with one attached hydrogen (secondary N) is 2. The highest BCUT2D eigenvalue weighted by molar-refractivity contribution is 5.92. The number of hydrogen-bond acceptors (Lipinski definition) is 3. The predicted octanol–water partition coefficient (Wildman–Crippen LogP) is 5.36. The van der Waals surface area contributed by atoms with Crippen LogP contribution in [0.25, 0.3) is 22.2 Å². The largest absolute Gasteiger partial charge is 0.359 e. The molecule has 1 aliphatic carbocycles. The molecule has 1 aliphatic rings. The van der Waals surface area contributed by atoms with Crippen LogP contribution in [0.1, 0.15) is 35.8 Å². The number of aromatic amines is 1. The molecular weight excluding hydrogens is 419 g/mol. The molecule has 0 aliphatic heterocycles. The normalized spacial score (nSPS) is 18.0. The van der Waals surface area contributed by atoms with E-state index in [2.05, 4.69) is 15.5 Å². The minimum Gasteiger partial charge on any atom is -0.359 e. The van der Waals surface area contributed by atoms with Gasteiger partial charge in [-0.2, -0.15) is 0 Å². The average Bonchev–Trinajstić information content (AvgIpc) is 3.30. The van der Waals surface area contributed by atoms with Gasteiger partial charge in [-0.3, -0.25) is 4.79 Å². The van der Waals surface area contributed by atoms with Gasteiger partial charge in [-0.15, -0.1) is 0 Å². The van der Waals surface area contributed by atoms with Gasteiger partial charge in [0.15, 0.2) is 5.76 Å². The van der Waals surface area contributed by atoms with Crippen molar-refractivity contribution in [3.8, 4) is 11.3 Å². The van der Waals surface area contributed by atoms with Crippen molar-refractivity contribution in [1.82, 2.24) is 15.5 Å². The van der Waals surface area contributed by atoms with Gasteiger partial charge in [0.1, 0.15) is 17.5 Å². The van der Waals surface area contributed by atoms with Crippen LogP contribution in [0.2, 0.25) is 0 Å². The maximum atomic E-state index is 14.5. The molecule has 0 atom stereocenters. The zero-order valence-corrected chi connectivity index (χ0v) is 17.2. The van der Waals surface area contributed by atoms with Crippen molar-refractivity contribution in [3.63, 3.8) is 0 Å². The van der Waals surface area contributed by atoms with Crippen molar-refractivity contribution in [2.45, 2.75) is 32.2 Å². The van der Waals surface area contributed by atoms with Crippen LogP contribution in [-0.2, 0) is 11.3 Å². The van der Waals surface area contributed by atoms with Crippen molar-refractivity contribution in [2.75, 3.05) is 0 Å². The molecule has 4 aromatic rings. The molecule has 0 saturated heterocycles. The van der Waals surface area contributed by atoms with Crippen molar-refractivity contribution in [1.29, 1.82) is 0 Å². The number of fused-ring (bicyclic) bond motifs is 1. The van der Waals surface area contributed by atoms with Gasteiger partial charge in [0.05, 0.1) is 23.4 Å². The van der Waals surface area contributed by atoms with E-state index < -0.39 is 11.6 Å². The molecule has 1 saturated carbocycles. The zero-order valence-electron chi connectivity index (χ0n) is 17.2. The third-order valence-electron chi connectivity index (χ3n) is 6.03. The average molecular weight is 439 g/mol. The highest BCUT2D eigenvalue weighted by Gasteiger charge is 2.38. The molecule has 5 nitrogen and oxygen atoms in total. The molecule has 8 heteroatoms. The van der Waals surface area contributed by atoms with Gasteiger partial charge in [0, 0.05) is 23.4 Å². The zero-order chi connectivity index (χ0) is 22.4. The Hall–Kier alpha value is -3.55. The highest BCUT2D eigenvalue weighted by Crippen LogP contribution is 2.48. The van der Waals surface area contributed by atoms with Gasteiger partial charge in [-0.05, 0) is 67.1 Å². The fraction of sp³-hybridized carbons (Fsp3) is 0.250. The number of aromatic nitrogens is 2. The highest BCUT2D eigenvalue weighted by atomic mass is 19.1. The van der Waals surface area contributed by atoms with Crippen LogP contribution in [0, 0.1) is 30.3 Å². The van der Waals surface area contributed by atoms with E-state index >= 15 is 0 Å². The van der Waals surface area contributed by atoms with Crippen LogP contribution in [0.3, 0.4) is 0 Å². The van der Waals surface area contributed by atoms with Gasteiger partial charge in [0.25, 0.3) is 0 Å². The van der Waals surface area contributed by atoms with Crippen molar-refractivity contribution >= 4 is 16.8 Å². The first-order valence-corrected chi connectivity index (χ1v) is 10.4. The molecule has 0 bridgehead atoms. The first-order valence-electron chi connectivity index (χ1n) is 10.4. The fourth-order valence-electron chi connectivity index (χ4n) is 4.39. The lowest BCUT2D eigenvalue weighted by atomic mass is 9.70. The van der Waals surface area contributed by atoms with Gasteiger partial charge < -0.3 is 14.8 Å². The molecule has 0 radical (unpaired) electrons. The van der Waals surface area contributed by atoms with Crippen LogP contribution >= 0.6 is 0 Å². The Labute approximate surface area is 181 Å². The molecule has 2 aromatic carbocycles. The predicted molar refractivity (Wildman–Crippen MR) is 112 cm³/mol. The van der Waals surface area contributed by atoms with Crippen LogP contribution in [0.15, 0.2) is 47.0 Å². The molecule has 0 unspecified atom stereocenters. The number of benzene rings is 2. The molecule has 5 rings (SSSR count). The molecule has 2 aromatic heterocycles. The van der Waals surface area contributed by atoms with Crippen molar-refractivity contribution in [3.05, 3.63) is 76.9 Å². The second kappa shape index (κ2) is 7.85. The maximum absolute atomic E-state index is 14.5. The summed E-state index contributed by atoms with van der Waals surface area (Å²) in [5, 5.41) is 7.08. The standard InChI is InChI=1S/C24H20F3N3O2/c1-12-6-18(32-30-12)11-28-24(31)15-7-14(8-15)21-19-9-17(26)10-20(27)23(19)29-22(21)13-2-4-16(25)5-3-13/h2-6,9-10,14-15,29H,7-8,11H2,1H3,(H,28,31). The number of aryl methyl sites for hydroxylation is 1. The summed E-state index contributed by atoms with van der Waals surface area (Å²) in [4.78, 5) is 15.6. The topological polar surface area (TPSA) is 70.9 Å². The van der Waals surface area contributed by atoms with E-state index in [1.54, 1.807) is 25.1 Å². The van der Waals surface area contributed by atoms with E-state index in [0.717, 1.165) is 17.3 Å². The summed E-state index contributed by atoms with van der Waals surface area (Å²) in [5.41, 5.74) is 2.98. The van der Waals surface area contributed by atoms with Crippen LogP contribution in [-0.4, -0.2) is 16.0 Å². The number of H-pyrrole nitrogens is 1. The Morgan fingerprint density at radius 3 is 2.56 bits per heavy atom. The Morgan fingerprint density at radius 1 is 1.12 bits per heavy atom. The Balaban J connectivity index is 1.40. The first-order chi connectivity index (χ1) is 15.4. The minimum atomic E-state index is -0.689. The molecule has 2 heterocycles. The maximum Gasteiger partial charge on any atom is 0.223 e. The summed E-state index contributed by atoms with van der Waals surface area (Å²) in [6.45, 7) is 2.06. The number of rotatable bonds is 5. The Bertz CT molecular complexity index is 1300. The van der Waals surface area contributed by atoms with E-state index in [1.807, 2.05) is 0 Å². The molecule has 1 amide bonds. The van der Waals surface area contributed by atoms with E-state index in [-0.39, 0.29) is 35.6 Å². The second-order valence-electron chi connectivity index (χ2n) is 8.25. The number of nitrogens with zero attached hydrogens (tertiary/aromatic N) is 1. The second-order valence-corrected chi connectivity index (χ2v) is 8.25. The van der Waals surface area contributed by atoms with E-state index in [0.29, 0.717) is 35.2 Å². The summed E-state index contributed by atoms with van der Waals surface area (Å²) in [6.07, 6.45) is 1.08. The minimum absolute atomic E-state index is 0.0618. The molecular formula is C24H20F3N3O2.